The second-order valence-corrected chi connectivity index (χ2v) is 6.29. The smallest absolute Gasteiger partial charge is 0.305 e. The molecule has 0 spiro atoms. The van der Waals surface area contributed by atoms with Gasteiger partial charge < -0.3 is 10.1 Å². The number of ether oxygens (including phenoxy) is 1. The monoisotopic (exact) mass is 365 g/mol. The van der Waals surface area contributed by atoms with E-state index < -0.39 is 0 Å². The third-order valence-electron chi connectivity index (χ3n) is 4.45. The van der Waals surface area contributed by atoms with Crippen LogP contribution in [0.15, 0.2) is 65.8 Å². The highest BCUT2D eigenvalue weighted by Crippen LogP contribution is 2.34. The number of para-hydroxylation sites is 1. The first-order valence-corrected chi connectivity index (χ1v) is 9.00. The molecule has 0 aromatic heterocycles. The fraction of sp³-hybridized carbons (Fsp3) is 0.286. The Bertz CT molecular complexity index is 806. The van der Waals surface area contributed by atoms with Crippen molar-refractivity contribution in [1.29, 1.82) is 0 Å². The second-order valence-electron chi connectivity index (χ2n) is 6.29. The number of anilines is 1. The number of carbonyl (C=O) groups is 2. The van der Waals surface area contributed by atoms with Gasteiger partial charge in [-0.25, -0.2) is 0 Å². The standard InChI is InChI=1S/C21H23N3O3/c1-27-20(25)13-8-14-22-21(26)18-15-19(16-9-4-2-5-10-16)24(23-18)17-11-6-3-7-12-17/h2-7,9-12,19H,8,13-15H2,1H3,(H,22,26). The molecule has 27 heavy (non-hydrogen) atoms. The lowest BCUT2D eigenvalue weighted by atomic mass is 10.0. The minimum absolute atomic E-state index is 0.0237. The van der Waals surface area contributed by atoms with Crippen molar-refractivity contribution in [3.8, 4) is 0 Å². The molecule has 1 heterocycles. The molecule has 1 unspecified atom stereocenters. The SMILES string of the molecule is COC(=O)CCCNC(=O)C1=NN(c2ccccc2)C(c2ccccc2)C1. The van der Waals surface area contributed by atoms with E-state index in [1.165, 1.54) is 7.11 Å². The van der Waals surface area contributed by atoms with Crippen LogP contribution in [0.2, 0.25) is 0 Å². The van der Waals surface area contributed by atoms with Crippen LogP contribution in [-0.2, 0) is 14.3 Å². The summed E-state index contributed by atoms with van der Waals surface area (Å²) in [6.45, 7) is 0.411. The van der Waals surface area contributed by atoms with Crippen LogP contribution in [-0.4, -0.2) is 31.2 Å². The number of nitrogens with one attached hydrogen (secondary N) is 1. The van der Waals surface area contributed by atoms with Gasteiger partial charge in [-0.2, -0.15) is 5.10 Å². The molecule has 0 saturated carbocycles. The third kappa shape index (κ3) is 4.73. The van der Waals surface area contributed by atoms with Crippen molar-refractivity contribution in [2.24, 2.45) is 5.10 Å². The number of hydrogen-bond donors (Lipinski definition) is 1. The molecule has 0 radical (unpaired) electrons. The van der Waals surface area contributed by atoms with Crippen molar-refractivity contribution in [2.45, 2.75) is 25.3 Å². The predicted octanol–water partition coefficient (Wildman–Crippen LogP) is 3.06. The summed E-state index contributed by atoms with van der Waals surface area (Å²) in [6.07, 6.45) is 1.35. The van der Waals surface area contributed by atoms with Gasteiger partial charge in [-0.15, -0.1) is 0 Å². The molecule has 0 saturated heterocycles. The third-order valence-corrected chi connectivity index (χ3v) is 4.45. The molecule has 140 valence electrons. The lowest BCUT2D eigenvalue weighted by molar-refractivity contribution is -0.140. The van der Waals surface area contributed by atoms with Gasteiger partial charge in [0.25, 0.3) is 5.91 Å². The van der Waals surface area contributed by atoms with Crippen LogP contribution in [0.1, 0.15) is 30.9 Å². The minimum atomic E-state index is -0.276. The quantitative estimate of drug-likeness (QED) is 0.605. The van der Waals surface area contributed by atoms with Crippen LogP contribution in [0.4, 0.5) is 5.69 Å². The molecule has 1 aliphatic rings. The average Bonchev–Trinajstić information content (AvgIpc) is 3.18. The van der Waals surface area contributed by atoms with Crippen LogP contribution in [0, 0.1) is 0 Å². The van der Waals surface area contributed by atoms with E-state index in [9.17, 15) is 9.59 Å². The minimum Gasteiger partial charge on any atom is -0.469 e. The summed E-state index contributed by atoms with van der Waals surface area (Å²) in [4.78, 5) is 23.7. The van der Waals surface area contributed by atoms with Crippen LogP contribution in [0.5, 0.6) is 0 Å². The molecule has 2 aromatic carbocycles. The molecule has 1 N–H and O–H groups in total. The highest BCUT2D eigenvalue weighted by molar-refractivity contribution is 6.39. The number of benzene rings is 2. The van der Waals surface area contributed by atoms with Crippen molar-refractivity contribution in [1.82, 2.24) is 5.32 Å². The van der Waals surface area contributed by atoms with Gasteiger partial charge in [0, 0.05) is 19.4 Å². The van der Waals surface area contributed by atoms with Gasteiger partial charge in [0.1, 0.15) is 5.71 Å². The summed E-state index contributed by atoms with van der Waals surface area (Å²) in [5, 5.41) is 9.34. The topological polar surface area (TPSA) is 71.0 Å². The Morgan fingerprint density at radius 2 is 1.78 bits per heavy atom. The number of esters is 1. The Morgan fingerprint density at radius 3 is 2.44 bits per heavy atom. The Labute approximate surface area is 158 Å². The van der Waals surface area contributed by atoms with E-state index in [-0.39, 0.29) is 24.3 Å². The molecule has 0 aliphatic carbocycles. The van der Waals surface area contributed by atoms with Crippen LogP contribution in [0.3, 0.4) is 0 Å². The van der Waals surface area contributed by atoms with E-state index in [0.717, 1.165) is 11.3 Å². The number of hydrazone groups is 1. The summed E-state index contributed by atoms with van der Waals surface area (Å²) in [5.41, 5.74) is 2.55. The first kappa shape index (κ1) is 18.6. The normalized spacial score (nSPS) is 16.0. The molecular formula is C21H23N3O3. The largest absolute Gasteiger partial charge is 0.469 e. The molecule has 3 rings (SSSR count). The maximum absolute atomic E-state index is 12.5. The molecule has 1 amide bonds. The fourth-order valence-corrected chi connectivity index (χ4v) is 3.04. The number of methoxy groups -OCH3 is 1. The maximum Gasteiger partial charge on any atom is 0.305 e. The highest BCUT2D eigenvalue weighted by atomic mass is 16.5. The second kappa shape index (κ2) is 8.98. The Morgan fingerprint density at radius 1 is 1.11 bits per heavy atom. The number of amides is 1. The van der Waals surface area contributed by atoms with E-state index >= 15 is 0 Å². The van der Waals surface area contributed by atoms with Crippen molar-refractivity contribution in [3.05, 3.63) is 66.2 Å². The van der Waals surface area contributed by atoms with E-state index in [2.05, 4.69) is 15.2 Å². The summed E-state index contributed by atoms with van der Waals surface area (Å²) in [7, 11) is 1.36. The zero-order valence-electron chi connectivity index (χ0n) is 15.3. The number of nitrogens with zero attached hydrogens (tertiary/aromatic N) is 2. The molecule has 2 aromatic rings. The first-order valence-electron chi connectivity index (χ1n) is 9.00. The van der Waals surface area contributed by atoms with E-state index in [1.807, 2.05) is 65.7 Å². The molecular weight excluding hydrogens is 342 g/mol. The number of hydrogen-bond acceptors (Lipinski definition) is 5. The molecule has 6 nitrogen and oxygen atoms in total. The molecule has 6 heteroatoms. The maximum atomic E-state index is 12.5. The zero-order valence-corrected chi connectivity index (χ0v) is 15.3. The van der Waals surface area contributed by atoms with Gasteiger partial charge in [-0.1, -0.05) is 48.5 Å². The van der Waals surface area contributed by atoms with Gasteiger partial charge >= 0.3 is 5.97 Å². The summed E-state index contributed by atoms with van der Waals surface area (Å²) in [5.74, 6) is -0.471. The Hall–Kier alpha value is -3.15. The lowest BCUT2D eigenvalue weighted by Crippen LogP contribution is -2.31. The van der Waals surface area contributed by atoms with Crippen LogP contribution >= 0.6 is 0 Å². The van der Waals surface area contributed by atoms with E-state index in [0.29, 0.717) is 25.1 Å². The first-order chi connectivity index (χ1) is 13.2. The van der Waals surface area contributed by atoms with Crippen molar-refractivity contribution < 1.29 is 14.3 Å². The predicted molar refractivity (Wildman–Crippen MR) is 104 cm³/mol. The van der Waals surface area contributed by atoms with Crippen LogP contribution in [0.25, 0.3) is 0 Å². The van der Waals surface area contributed by atoms with Gasteiger partial charge in [-0.3, -0.25) is 14.6 Å². The highest BCUT2D eigenvalue weighted by Gasteiger charge is 2.32. The van der Waals surface area contributed by atoms with Crippen molar-refractivity contribution in [2.75, 3.05) is 18.7 Å². The van der Waals surface area contributed by atoms with Gasteiger partial charge in [0.05, 0.1) is 18.8 Å². The van der Waals surface area contributed by atoms with Crippen molar-refractivity contribution in [3.63, 3.8) is 0 Å². The molecule has 1 atom stereocenters. The lowest BCUT2D eigenvalue weighted by Gasteiger charge is -2.23. The molecule has 0 fully saturated rings. The van der Waals surface area contributed by atoms with Gasteiger partial charge in [-0.05, 0) is 24.1 Å². The average molecular weight is 365 g/mol. The van der Waals surface area contributed by atoms with E-state index in [1.54, 1.807) is 0 Å². The number of rotatable bonds is 7. The Balaban J connectivity index is 1.70. The summed E-state index contributed by atoms with van der Waals surface area (Å²) >= 11 is 0. The molecule has 0 bridgehead atoms. The fourth-order valence-electron chi connectivity index (χ4n) is 3.04. The molecule has 1 aliphatic heterocycles. The van der Waals surface area contributed by atoms with Crippen LogP contribution < -0.4 is 10.3 Å². The zero-order chi connectivity index (χ0) is 19.1. The van der Waals surface area contributed by atoms with E-state index in [4.69, 9.17) is 0 Å². The van der Waals surface area contributed by atoms with Gasteiger partial charge in [0.15, 0.2) is 0 Å². The Kier molecular flexibility index (Phi) is 6.20. The van der Waals surface area contributed by atoms with Crippen molar-refractivity contribution >= 4 is 23.3 Å². The van der Waals surface area contributed by atoms with Gasteiger partial charge in [0.2, 0.25) is 0 Å². The summed E-state index contributed by atoms with van der Waals surface area (Å²) < 4.78 is 4.60. The summed E-state index contributed by atoms with van der Waals surface area (Å²) in [6, 6.07) is 19.9. The number of carbonyl (C=O) groups excluding carboxylic acids is 2.